The summed E-state index contributed by atoms with van der Waals surface area (Å²) in [7, 11) is 0. The zero-order valence-corrected chi connectivity index (χ0v) is 11.2. The molecule has 0 fully saturated rings. The summed E-state index contributed by atoms with van der Waals surface area (Å²) in [5.74, 6) is 0.867. The van der Waals surface area contributed by atoms with Crippen molar-refractivity contribution in [2.45, 2.75) is 32.2 Å². The van der Waals surface area contributed by atoms with Crippen LogP contribution in [0.4, 0.5) is 4.79 Å². The number of amides is 1. The Hall–Kier alpha value is -2.30. The summed E-state index contributed by atoms with van der Waals surface area (Å²) in [6.45, 7) is 2.02. The van der Waals surface area contributed by atoms with Crippen molar-refractivity contribution >= 4 is 6.09 Å². The first-order valence-electron chi connectivity index (χ1n) is 6.75. The van der Waals surface area contributed by atoms with Crippen molar-refractivity contribution in [1.82, 2.24) is 10.5 Å². The fraction of sp³-hybridized carbons (Fsp3) is 0.333. The van der Waals surface area contributed by atoms with Crippen LogP contribution in [-0.2, 0) is 12.8 Å². The molecule has 0 aliphatic heterocycles. The van der Waals surface area contributed by atoms with Crippen LogP contribution in [0.5, 0.6) is 0 Å². The van der Waals surface area contributed by atoms with E-state index in [1.807, 2.05) is 25.1 Å². The topological polar surface area (TPSA) is 75.4 Å². The van der Waals surface area contributed by atoms with E-state index in [0.29, 0.717) is 0 Å². The van der Waals surface area contributed by atoms with Gasteiger partial charge >= 0.3 is 6.09 Å². The lowest BCUT2D eigenvalue weighted by atomic mass is 10.0. The first-order chi connectivity index (χ1) is 9.67. The van der Waals surface area contributed by atoms with E-state index in [4.69, 9.17) is 9.63 Å². The highest BCUT2D eigenvalue weighted by molar-refractivity contribution is 5.66. The molecule has 5 heteroatoms. The number of carbonyl (C=O) groups is 1. The van der Waals surface area contributed by atoms with Crippen LogP contribution < -0.4 is 5.32 Å². The zero-order chi connectivity index (χ0) is 14.1. The molecule has 1 aromatic carbocycles. The summed E-state index contributed by atoms with van der Waals surface area (Å²) < 4.78 is 5.22. The first kappa shape index (κ1) is 12.7. The van der Waals surface area contributed by atoms with Crippen LogP contribution in [-0.4, -0.2) is 16.4 Å². The molecule has 0 bridgehead atoms. The Morgan fingerprint density at radius 1 is 1.50 bits per heavy atom. The highest BCUT2D eigenvalue weighted by atomic mass is 16.5. The second kappa shape index (κ2) is 5.00. The number of rotatable bonds is 3. The highest BCUT2D eigenvalue weighted by Gasteiger charge is 2.24. The standard InChI is InChI=1S/C15H16N2O3/c1-2-11-8-14(17-20-11)10-3-5-12-9(7-10)4-6-13(12)16-15(18)19/h3,5,7-8,13,16H,2,4,6H2,1H3,(H,18,19). The fourth-order valence-electron chi connectivity index (χ4n) is 2.69. The summed E-state index contributed by atoms with van der Waals surface area (Å²) in [5.41, 5.74) is 4.10. The Bertz CT molecular complexity index is 648. The number of carboxylic acid groups (broad SMARTS) is 1. The largest absolute Gasteiger partial charge is 0.465 e. The minimum atomic E-state index is -0.976. The van der Waals surface area contributed by atoms with Crippen LogP contribution in [0.3, 0.4) is 0 Å². The molecule has 1 aromatic heterocycles. The van der Waals surface area contributed by atoms with Gasteiger partial charge in [-0.2, -0.15) is 0 Å². The van der Waals surface area contributed by atoms with Gasteiger partial charge in [0.1, 0.15) is 11.5 Å². The van der Waals surface area contributed by atoms with Gasteiger partial charge in [0, 0.05) is 18.1 Å². The van der Waals surface area contributed by atoms with Crippen LogP contribution in [0.15, 0.2) is 28.8 Å². The van der Waals surface area contributed by atoms with Crippen molar-refractivity contribution in [2.24, 2.45) is 0 Å². The third-order valence-electron chi connectivity index (χ3n) is 3.72. The lowest BCUT2D eigenvalue weighted by Gasteiger charge is -2.11. The number of fused-ring (bicyclic) bond motifs is 1. The molecule has 1 atom stereocenters. The monoisotopic (exact) mass is 272 g/mol. The van der Waals surface area contributed by atoms with Crippen LogP contribution >= 0.6 is 0 Å². The Labute approximate surface area is 116 Å². The summed E-state index contributed by atoms with van der Waals surface area (Å²) in [5, 5.41) is 15.4. The van der Waals surface area contributed by atoms with Crippen molar-refractivity contribution in [2.75, 3.05) is 0 Å². The molecule has 5 nitrogen and oxygen atoms in total. The second-order valence-electron chi connectivity index (χ2n) is 4.99. The molecule has 1 heterocycles. The number of nitrogens with one attached hydrogen (secondary N) is 1. The first-order valence-corrected chi connectivity index (χ1v) is 6.75. The van der Waals surface area contributed by atoms with Gasteiger partial charge in [0.05, 0.1) is 6.04 Å². The average Bonchev–Trinajstić information content (AvgIpc) is 3.05. The van der Waals surface area contributed by atoms with Gasteiger partial charge in [-0.15, -0.1) is 0 Å². The minimum Gasteiger partial charge on any atom is -0.465 e. The molecule has 0 saturated heterocycles. The molecule has 104 valence electrons. The summed E-state index contributed by atoms with van der Waals surface area (Å²) in [4.78, 5) is 10.8. The molecule has 0 radical (unpaired) electrons. The lowest BCUT2D eigenvalue weighted by molar-refractivity contribution is 0.190. The molecule has 2 aromatic rings. The molecule has 1 aliphatic rings. The van der Waals surface area contributed by atoms with Crippen LogP contribution in [0.2, 0.25) is 0 Å². The van der Waals surface area contributed by atoms with Crippen molar-refractivity contribution in [3.63, 3.8) is 0 Å². The number of hydrogen-bond acceptors (Lipinski definition) is 3. The van der Waals surface area contributed by atoms with Gasteiger partial charge in [-0.1, -0.05) is 24.2 Å². The SMILES string of the molecule is CCc1cc(-c2ccc3c(c2)CCC3NC(=O)O)no1. The van der Waals surface area contributed by atoms with Gasteiger partial charge in [0.2, 0.25) is 0 Å². The Balaban J connectivity index is 1.89. The molecule has 0 saturated carbocycles. The molecule has 2 N–H and O–H groups in total. The van der Waals surface area contributed by atoms with E-state index in [1.54, 1.807) is 0 Å². The van der Waals surface area contributed by atoms with Gasteiger partial charge in [0.15, 0.2) is 0 Å². The normalized spacial score (nSPS) is 16.9. The van der Waals surface area contributed by atoms with E-state index in [0.717, 1.165) is 41.8 Å². The van der Waals surface area contributed by atoms with Crippen LogP contribution in [0.1, 0.15) is 36.3 Å². The molecule has 1 unspecified atom stereocenters. The molecule has 0 spiro atoms. The summed E-state index contributed by atoms with van der Waals surface area (Å²) >= 11 is 0. The molecule has 1 amide bonds. The number of aryl methyl sites for hydroxylation is 2. The van der Waals surface area contributed by atoms with E-state index < -0.39 is 6.09 Å². The molecule has 3 rings (SSSR count). The van der Waals surface area contributed by atoms with E-state index in [2.05, 4.69) is 16.5 Å². The van der Waals surface area contributed by atoms with Gasteiger partial charge in [0.25, 0.3) is 0 Å². The van der Waals surface area contributed by atoms with Gasteiger partial charge in [-0.3, -0.25) is 0 Å². The Morgan fingerprint density at radius 3 is 3.05 bits per heavy atom. The van der Waals surface area contributed by atoms with Crippen molar-refractivity contribution in [3.8, 4) is 11.3 Å². The smallest absolute Gasteiger partial charge is 0.405 e. The van der Waals surface area contributed by atoms with Gasteiger partial charge in [-0.25, -0.2) is 4.79 Å². The zero-order valence-electron chi connectivity index (χ0n) is 11.2. The number of nitrogens with zero attached hydrogens (tertiary/aromatic N) is 1. The Kier molecular flexibility index (Phi) is 3.18. The predicted octanol–water partition coefficient (Wildman–Crippen LogP) is 3.16. The quantitative estimate of drug-likeness (QED) is 0.900. The molecule has 20 heavy (non-hydrogen) atoms. The maximum absolute atomic E-state index is 10.8. The van der Waals surface area contributed by atoms with Gasteiger partial charge in [-0.05, 0) is 30.0 Å². The molecule has 1 aliphatic carbocycles. The summed E-state index contributed by atoms with van der Waals surface area (Å²) in [6, 6.07) is 7.89. The van der Waals surface area contributed by atoms with E-state index in [9.17, 15) is 4.79 Å². The van der Waals surface area contributed by atoms with Crippen LogP contribution in [0, 0.1) is 0 Å². The van der Waals surface area contributed by atoms with Crippen molar-refractivity contribution < 1.29 is 14.4 Å². The van der Waals surface area contributed by atoms with Crippen LogP contribution in [0.25, 0.3) is 11.3 Å². The minimum absolute atomic E-state index is 0.0972. The number of hydrogen-bond donors (Lipinski definition) is 2. The fourth-order valence-corrected chi connectivity index (χ4v) is 2.69. The lowest BCUT2D eigenvalue weighted by Crippen LogP contribution is -2.24. The average molecular weight is 272 g/mol. The third-order valence-corrected chi connectivity index (χ3v) is 3.72. The number of benzene rings is 1. The summed E-state index contributed by atoms with van der Waals surface area (Å²) in [6.07, 6.45) is 1.54. The Morgan fingerprint density at radius 2 is 2.35 bits per heavy atom. The van der Waals surface area contributed by atoms with E-state index in [1.165, 1.54) is 5.56 Å². The van der Waals surface area contributed by atoms with Crippen molar-refractivity contribution in [3.05, 3.63) is 41.2 Å². The second-order valence-corrected chi connectivity index (χ2v) is 4.99. The van der Waals surface area contributed by atoms with E-state index in [-0.39, 0.29) is 6.04 Å². The van der Waals surface area contributed by atoms with Gasteiger partial charge < -0.3 is 14.9 Å². The maximum Gasteiger partial charge on any atom is 0.405 e. The highest BCUT2D eigenvalue weighted by Crippen LogP contribution is 2.34. The maximum atomic E-state index is 10.8. The molecular weight excluding hydrogens is 256 g/mol. The molecular formula is C15H16N2O3. The van der Waals surface area contributed by atoms with E-state index >= 15 is 0 Å². The number of aromatic nitrogens is 1. The van der Waals surface area contributed by atoms with Crippen molar-refractivity contribution in [1.29, 1.82) is 0 Å². The predicted molar refractivity (Wildman–Crippen MR) is 73.5 cm³/mol. The third kappa shape index (κ3) is 2.27.